The minimum Gasteiger partial charge on any atom is -1.00 e. The fourth-order valence-electron chi connectivity index (χ4n) is 1.31. The molecule has 0 fully saturated rings. The number of nitrogens with zero attached hydrogens (tertiary/aromatic N) is 3. The first-order valence-corrected chi connectivity index (χ1v) is 7.55. The lowest BCUT2D eigenvalue weighted by Gasteiger charge is -2.32. The van der Waals surface area contributed by atoms with Crippen LogP contribution in [0.1, 0.15) is 13.8 Å². The summed E-state index contributed by atoms with van der Waals surface area (Å²) in [5.74, 6) is 0. The van der Waals surface area contributed by atoms with Crippen molar-refractivity contribution in [2.75, 3.05) is 88.6 Å². The van der Waals surface area contributed by atoms with E-state index in [2.05, 4.69) is 59.3 Å². The molecule has 6 heteroatoms. The highest BCUT2D eigenvalue weighted by Gasteiger charge is 2.15. The predicted molar refractivity (Wildman–Crippen MR) is 87.5 cm³/mol. The van der Waals surface area contributed by atoms with Crippen molar-refractivity contribution < 1.29 is 42.9 Å². The maximum atomic E-state index is 2.75. The Hall–Kier alpha value is 0.800. The molecule has 0 saturated carbocycles. The molecule has 0 bridgehead atoms. The van der Waals surface area contributed by atoms with Crippen LogP contribution in [0, 0.1) is 0 Å². The van der Waals surface area contributed by atoms with Gasteiger partial charge >= 0.3 is 0 Å². The molecule has 0 aromatic rings. The molecule has 0 aromatic carbocycles. The van der Waals surface area contributed by atoms with Gasteiger partial charge in [-0.1, -0.05) is 0 Å². The second-order valence-corrected chi connectivity index (χ2v) is 6.75. The van der Waals surface area contributed by atoms with Gasteiger partial charge in [-0.25, -0.2) is 0 Å². The van der Waals surface area contributed by atoms with Gasteiger partial charge in [0, 0.05) is 13.1 Å². The van der Waals surface area contributed by atoms with Crippen LogP contribution in [0.5, 0.6) is 0 Å². The summed E-state index contributed by atoms with van der Waals surface area (Å²) >= 11 is 0. The van der Waals surface area contributed by atoms with E-state index in [1.807, 2.05) is 14.1 Å². The molecule has 0 aliphatic carbocycles. The van der Waals surface area contributed by atoms with Crippen LogP contribution in [0.3, 0.4) is 0 Å². The van der Waals surface area contributed by atoms with Crippen LogP contribution in [0.2, 0.25) is 0 Å². The van der Waals surface area contributed by atoms with Crippen LogP contribution >= 0.6 is 0 Å². The van der Waals surface area contributed by atoms with E-state index in [9.17, 15) is 0 Å². The highest BCUT2D eigenvalue weighted by atomic mass is 79.9. The number of halogens is 2. The second kappa shape index (κ2) is 15.7. The molecule has 0 unspecified atom stereocenters. The molecule has 0 rings (SSSR count). The molecule has 4 nitrogen and oxygen atoms in total. The van der Waals surface area contributed by atoms with Gasteiger partial charge < -0.3 is 48.2 Å². The first kappa shape index (κ1) is 29.8. The van der Waals surface area contributed by atoms with Gasteiger partial charge in [0.05, 0.1) is 54.4 Å². The van der Waals surface area contributed by atoms with Gasteiger partial charge in [-0.2, -0.15) is 0 Å². The minimum atomic E-state index is 0. The van der Waals surface area contributed by atoms with Gasteiger partial charge in [-0.3, -0.25) is 4.90 Å². The van der Waals surface area contributed by atoms with Gasteiger partial charge in [0.25, 0.3) is 0 Å². The molecule has 0 aliphatic rings. The lowest BCUT2D eigenvalue weighted by molar-refractivity contribution is -0.890. The Bertz CT molecular complexity index is 192. The lowest BCUT2D eigenvalue weighted by Crippen LogP contribution is -3.00. The average molecular weight is 436 g/mol. The molecule has 0 aliphatic heterocycles. The van der Waals surface area contributed by atoms with Crippen LogP contribution < -0.4 is 39.3 Å². The van der Waals surface area contributed by atoms with Gasteiger partial charge in [0.15, 0.2) is 0 Å². The Morgan fingerprint density at radius 1 is 0.762 bits per heavy atom. The Balaban J connectivity index is -0.000000264. The lowest BCUT2D eigenvalue weighted by atomic mass is 10.4. The molecule has 0 saturated heterocycles. The first-order chi connectivity index (χ1) is 8.64. The highest BCUT2D eigenvalue weighted by molar-refractivity contribution is 4.50. The topological polar surface area (TPSA) is 15.3 Å². The van der Waals surface area contributed by atoms with E-state index >= 15 is 0 Å². The number of nitrogens with one attached hydrogen (secondary N) is 1. The first-order valence-electron chi connectivity index (χ1n) is 7.55. The average Bonchev–Trinajstić information content (AvgIpc) is 2.35. The quantitative estimate of drug-likeness (QED) is 0.384. The van der Waals surface area contributed by atoms with Crippen LogP contribution in [-0.4, -0.2) is 102 Å². The van der Waals surface area contributed by atoms with Crippen molar-refractivity contribution in [1.82, 2.24) is 10.2 Å². The standard InChI is InChI=1S/C13H33N3.C2H7N.2BrH/c1-8-15(4,5)12-10-14(3)11-13-16(6,7)9-2;1-3-2;;/h8-13H2,1-7H3;3H,1-2H3;2*1H/q+2;;;/p-2. The van der Waals surface area contributed by atoms with Crippen molar-refractivity contribution in [1.29, 1.82) is 0 Å². The van der Waals surface area contributed by atoms with Crippen LogP contribution in [0.15, 0.2) is 0 Å². The monoisotopic (exact) mass is 434 g/mol. The number of hydrogen-bond acceptors (Lipinski definition) is 2. The van der Waals surface area contributed by atoms with Gasteiger partial charge in [-0.15, -0.1) is 0 Å². The molecular weight excluding hydrogens is 396 g/mol. The molecule has 0 amide bonds. The third-order valence-electron chi connectivity index (χ3n) is 3.89. The van der Waals surface area contributed by atoms with E-state index in [4.69, 9.17) is 0 Å². The molecule has 0 radical (unpaired) electrons. The summed E-state index contributed by atoms with van der Waals surface area (Å²) in [4.78, 5) is 2.46. The Kier molecular flexibility index (Phi) is 22.2. The maximum absolute atomic E-state index is 2.75. The zero-order valence-corrected chi connectivity index (χ0v) is 19.0. The van der Waals surface area contributed by atoms with Crippen LogP contribution in [0.25, 0.3) is 0 Å². The summed E-state index contributed by atoms with van der Waals surface area (Å²) in [6, 6.07) is 0. The van der Waals surface area contributed by atoms with E-state index in [0.29, 0.717) is 0 Å². The predicted octanol–water partition coefficient (Wildman–Crippen LogP) is -5.05. The minimum absolute atomic E-state index is 0. The van der Waals surface area contributed by atoms with E-state index in [1.165, 1.54) is 39.3 Å². The fourth-order valence-corrected chi connectivity index (χ4v) is 1.31. The summed E-state index contributed by atoms with van der Waals surface area (Å²) < 4.78 is 2.24. The third-order valence-corrected chi connectivity index (χ3v) is 3.89. The van der Waals surface area contributed by atoms with Gasteiger partial charge in [0.2, 0.25) is 0 Å². The molecule has 21 heavy (non-hydrogen) atoms. The van der Waals surface area contributed by atoms with E-state index in [0.717, 1.165) is 8.97 Å². The van der Waals surface area contributed by atoms with Crippen molar-refractivity contribution in [3.05, 3.63) is 0 Å². The zero-order chi connectivity index (χ0) is 15.5. The molecule has 1 N–H and O–H groups in total. The van der Waals surface area contributed by atoms with E-state index in [1.54, 1.807) is 0 Å². The number of likely N-dealkylation sites (N-methyl/N-ethyl adjacent to an activating group) is 3. The SMILES string of the molecule is CC[N+](C)(C)CCN(C)CC[N+](C)(C)CC.CNC.[Br-].[Br-]. The molecule has 134 valence electrons. The molecule has 0 heterocycles. The van der Waals surface area contributed by atoms with Crippen LogP contribution in [-0.2, 0) is 0 Å². The van der Waals surface area contributed by atoms with Crippen molar-refractivity contribution >= 4 is 0 Å². The number of hydrogen-bond donors (Lipinski definition) is 1. The number of quaternary nitrogens is 2. The molecule has 0 atom stereocenters. The van der Waals surface area contributed by atoms with Gasteiger partial charge in [-0.05, 0) is 35.0 Å². The Labute approximate surface area is 155 Å². The van der Waals surface area contributed by atoms with Crippen molar-refractivity contribution in [3.8, 4) is 0 Å². The van der Waals surface area contributed by atoms with Crippen molar-refractivity contribution in [3.63, 3.8) is 0 Å². The fraction of sp³-hybridized carbons (Fsp3) is 1.00. The van der Waals surface area contributed by atoms with Crippen molar-refractivity contribution in [2.24, 2.45) is 0 Å². The zero-order valence-electron chi connectivity index (χ0n) is 15.8. The Morgan fingerprint density at radius 3 is 1.19 bits per heavy atom. The maximum Gasteiger partial charge on any atom is 0.0911 e. The molecule has 0 aromatic heterocycles. The summed E-state index contributed by atoms with van der Waals surface area (Å²) in [6.45, 7) is 11.8. The van der Waals surface area contributed by atoms with Crippen molar-refractivity contribution in [2.45, 2.75) is 13.8 Å². The molecule has 0 spiro atoms. The summed E-state index contributed by atoms with van der Waals surface area (Å²) in [6.07, 6.45) is 0. The van der Waals surface area contributed by atoms with E-state index in [-0.39, 0.29) is 34.0 Å². The smallest absolute Gasteiger partial charge is 0.0911 e. The number of rotatable bonds is 8. The third kappa shape index (κ3) is 20.8. The van der Waals surface area contributed by atoms with Gasteiger partial charge in [0.1, 0.15) is 0 Å². The normalized spacial score (nSPS) is 11.1. The Morgan fingerprint density at radius 2 is 1.00 bits per heavy atom. The van der Waals surface area contributed by atoms with Crippen LogP contribution in [0.4, 0.5) is 0 Å². The van der Waals surface area contributed by atoms with E-state index < -0.39 is 0 Å². The summed E-state index contributed by atoms with van der Waals surface area (Å²) in [5, 5.41) is 2.75. The summed E-state index contributed by atoms with van der Waals surface area (Å²) in [7, 11) is 15.2. The largest absolute Gasteiger partial charge is 1.00 e. The highest BCUT2D eigenvalue weighted by Crippen LogP contribution is 1.99. The molecular formula is C15H40Br2N4. The second-order valence-electron chi connectivity index (χ2n) is 6.75. The summed E-state index contributed by atoms with van der Waals surface area (Å²) in [5.41, 5.74) is 0.